The molecule has 1 aromatic carbocycles. The Morgan fingerprint density at radius 1 is 1.26 bits per heavy atom. The fourth-order valence-corrected chi connectivity index (χ4v) is 2.98. The lowest BCUT2D eigenvalue weighted by Gasteiger charge is -2.15. The van der Waals surface area contributed by atoms with Crippen LogP contribution in [0.5, 0.6) is 5.75 Å². The Morgan fingerprint density at radius 3 is 2.59 bits per heavy atom. The van der Waals surface area contributed by atoms with Gasteiger partial charge in [0.05, 0.1) is 18.7 Å². The van der Waals surface area contributed by atoms with Crippen molar-refractivity contribution in [2.75, 3.05) is 13.7 Å². The summed E-state index contributed by atoms with van der Waals surface area (Å²) in [4.78, 5) is 23.9. The maximum Gasteiger partial charge on any atom is 0.308 e. The summed E-state index contributed by atoms with van der Waals surface area (Å²) >= 11 is 0. The molecule has 1 unspecified atom stereocenters. The first-order valence-corrected chi connectivity index (χ1v) is 9.09. The molecule has 0 fully saturated rings. The van der Waals surface area contributed by atoms with E-state index >= 15 is 0 Å². The lowest BCUT2D eigenvalue weighted by atomic mass is 9.98. The van der Waals surface area contributed by atoms with Crippen molar-refractivity contribution in [2.24, 2.45) is 5.92 Å². The second kappa shape index (κ2) is 9.75. The van der Waals surface area contributed by atoms with Crippen LogP contribution in [0, 0.1) is 5.92 Å². The number of aromatic nitrogens is 1. The molecule has 2 aromatic rings. The van der Waals surface area contributed by atoms with Gasteiger partial charge in [-0.2, -0.15) is 0 Å². The van der Waals surface area contributed by atoms with Gasteiger partial charge in [0, 0.05) is 18.5 Å². The molecular formula is C20H26N2O5. The molecule has 1 heterocycles. The van der Waals surface area contributed by atoms with Crippen molar-refractivity contribution in [3.8, 4) is 5.75 Å². The van der Waals surface area contributed by atoms with Gasteiger partial charge in [0.15, 0.2) is 0 Å². The number of nitrogens with zero attached hydrogens (tertiary/aromatic N) is 1. The number of carbonyl (C=O) groups excluding carboxylic acids is 1. The third kappa shape index (κ3) is 5.32. The molecule has 7 nitrogen and oxygen atoms in total. The van der Waals surface area contributed by atoms with Gasteiger partial charge >= 0.3 is 5.97 Å². The van der Waals surface area contributed by atoms with Crippen LogP contribution in [0.3, 0.4) is 0 Å². The van der Waals surface area contributed by atoms with Gasteiger partial charge in [-0.25, -0.2) is 0 Å². The number of ether oxygens (including phenoxy) is 1. The second-order valence-electron chi connectivity index (χ2n) is 6.39. The minimum Gasteiger partial charge on any atom is -0.496 e. The molecule has 0 spiro atoms. The van der Waals surface area contributed by atoms with Gasteiger partial charge in [0.1, 0.15) is 5.75 Å². The van der Waals surface area contributed by atoms with Crippen molar-refractivity contribution in [1.82, 2.24) is 10.5 Å². The van der Waals surface area contributed by atoms with Crippen LogP contribution in [0.1, 0.15) is 54.4 Å². The highest BCUT2D eigenvalue weighted by Crippen LogP contribution is 2.23. The second-order valence-corrected chi connectivity index (χ2v) is 6.39. The van der Waals surface area contributed by atoms with Crippen molar-refractivity contribution in [1.29, 1.82) is 0 Å². The molecule has 1 aromatic heterocycles. The van der Waals surface area contributed by atoms with Crippen molar-refractivity contribution < 1.29 is 24.0 Å². The Labute approximate surface area is 158 Å². The van der Waals surface area contributed by atoms with E-state index in [1.807, 2.05) is 18.2 Å². The lowest BCUT2D eigenvalue weighted by Crippen LogP contribution is -2.34. The van der Waals surface area contributed by atoms with Gasteiger partial charge in [-0.15, -0.1) is 0 Å². The van der Waals surface area contributed by atoms with Crippen molar-refractivity contribution in [3.05, 3.63) is 47.3 Å². The highest BCUT2D eigenvalue weighted by Gasteiger charge is 2.23. The summed E-state index contributed by atoms with van der Waals surface area (Å²) in [5.74, 6) is -1.28. The van der Waals surface area contributed by atoms with Crippen LogP contribution < -0.4 is 10.1 Å². The minimum atomic E-state index is -0.989. The molecule has 2 rings (SSSR count). The zero-order chi connectivity index (χ0) is 19.8. The van der Waals surface area contributed by atoms with Crippen LogP contribution in [0.15, 0.2) is 34.9 Å². The van der Waals surface area contributed by atoms with E-state index in [1.165, 1.54) is 7.11 Å². The highest BCUT2D eigenvalue weighted by molar-refractivity contribution is 5.91. The normalized spacial score (nSPS) is 12.0. The number of carbonyl (C=O) groups is 2. The van der Waals surface area contributed by atoms with E-state index in [-0.39, 0.29) is 24.6 Å². The van der Waals surface area contributed by atoms with E-state index in [0.717, 1.165) is 24.1 Å². The largest absolute Gasteiger partial charge is 0.496 e. The Morgan fingerprint density at radius 2 is 1.96 bits per heavy atom. The van der Waals surface area contributed by atoms with Crippen molar-refractivity contribution >= 4 is 11.9 Å². The third-order valence-corrected chi connectivity index (χ3v) is 4.67. The van der Waals surface area contributed by atoms with Crippen molar-refractivity contribution in [3.63, 3.8) is 0 Å². The summed E-state index contributed by atoms with van der Waals surface area (Å²) in [5.41, 5.74) is 1.52. The molecule has 1 amide bonds. The summed E-state index contributed by atoms with van der Waals surface area (Å²) in [6.45, 7) is 4.09. The number of nitrogens with one attached hydrogen (secondary N) is 1. The Bertz CT molecular complexity index is 767. The first-order chi connectivity index (χ1) is 13.0. The van der Waals surface area contributed by atoms with Crippen LogP contribution in [0.25, 0.3) is 0 Å². The van der Waals surface area contributed by atoms with Gasteiger partial charge in [-0.05, 0) is 30.9 Å². The summed E-state index contributed by atoms with van der Waals surface area (Å²) < 4.78 is 10.4. The molecule has 2 N–H and O–H groups in total. The quantitative estimate of drug-likeness (QED) is 0.662. The lowest BCUT2D eigenvalue weighted by molar-refractivity contribution is -0.141. The van der Waals surface area contributed by atoms with Crippen LogP contribution in [0.2, 0.25) is 0 Å². The molecule has 0 saturated carbocycles. The molecule has 7 heteroatoms. The predicted molar refractivity (Wildman–Crippen MR) is 100.0 cm³/mol. The molecule has 0 bridgehead atoms. The average Bonchev–Trinajstić information content (AvgIpc) is 3.16. The van der Waals surface area contributed by atoms with E-state index in [0.29, 0.717) is 5.75 Å². The standard InChI is InChI=1S/C20H26N2O5/c1-4-13(5-2)16-11-18(27-22-16)19(23)21-12-15(20(24)25)10-14-8-6-7-9-17(14)26-3/h6-9,11,13,15H,4-5,10,12H2,1-3H3,(H,21,23)(H,24,25). The Balaban J connectivity index is 2.01. The maximum atomic E-state index is 12.3. The number of para-hydroxylation sites is 1. The fraction of sp³-hybridized carbons (Fsp3) is 0.450. The van der Waals surface area contributed by atoms with Gasteiger partial charge in [0.25, 0.3) is 5.91 Å². The summed E-state index contributed by atoms with van der Waals surface area (Å²) in [6, 6.07) is 8.86. The zero-order valence-corrected chi connectivity index (χ0v) is 15.9. The monoisotopic (exact) mass is 374 g/mol. The zero-order valence-electron chi connectivity index (χ0n) is 15.9. The number of carboxylic acid groups (broad SMARTS) is 1. The number of rotatable bonds is 10. The first-order valence-electron chi connectivity index (χ1n) is 9.09. The molecule has 0 radical (unpaired) electrons. The molecule has 146 valence electrons. The SMILES string of the molecule is CCC(CC)c1cc(C(=O)NCC(Cc2ccccc2OC)C(=O)O)on1. The molecule has 27 heavy (non-hydrogen) atoms. The fourth-order valence-electron chi connectivity index (χ4n) is 2.98. The van der Waals surface area contributed by atoms with Gasteiger partial charge in [-0.3, -0.25) is 9.59 Å². The number of benzene rings is 1. The van der Waals surface area contributed by atoms with E-state index in [4.69, 9.17) is 9.26 Å². The topological polar surface area (TPSA) is 102 Å². The van der Waals surface area contributed by atoms with Gasteiger partial charge < -0.3 is 19.7 Å². The number of amides is 1. The van der Waals surface area contributed by atoms with E-state index in [9.17, 15) is 14.7 Å². The Kier molecular flexibility index (Phi) is 7.40. The molecule has 0 aliphatic carbocycles. The van der Waals surface area contributed by atoms with Crippen LogP contribution in [-0.2, 0) is 11.2 Å². The number of hydrogen-bond donors (Lipinski definition) is 2. The molecule has 1 atom stereocenters. The van der Waals surface area contributed by atoms with E-state index in [2.05, 4.69) is 24.3 Å². The van der Waals surface area contributed by atoms with Crippen LogP contribution in [0.4, 0.5) is 0 Å². The third-order valence-electron chi connectivity index (χ3n) is 4.67. The van der Waals surface area contributed by atoms with Crippen LogP contribution >= 0.6 is 0 Å². The maximum absolute atomic E-state index is 12.3. The predicted octanol–water partition coefficient (Wildman–Crippen LogP) is 3.26. The molecule has 0 aliphatic heterocycles. The first kappa shape index (κ1) is 20.5. The molecule has 0 saturated heterocycles. The summed E-state index contributed by atoms with van der Waals surface area (Å²) in [6.07, 6.45) is 2.06. The summed E-state index contributed by atoms with van der Waals surface area (Å²) in [7, 11) is 1.54. The Hall–Kier alpha value is -2.83. The average molecular weight is 374 g/mol. The highest BCUT2D eigenvalue weighted by atomic mass is 16.5. The molecule has 0 aliphatic rings. The molecular weight excluding hydrogens is 348 g/mol. The minimum absolute atomic E-state index is 0.0206. The van der Waals surface area contributed by atoms with E-state index < -0.39 is 17.8 Å². The van der Waals surface area contributed by atoms with Crippen molar-refractivity contribution in [2.45, 2.75) is 39.0 Å². The number of carboxylic acids is 1. The van der Waals surface area contributed by atoms with Gasteiger partial charge in [-0.1, -0.05) is 37.2 Å². The van der Waals surface area contributed by atoms with E-state index in [1.54, 1.807) is 12.1 Å². The summed E-state index contributed by atoms with van der Waals surface area (Å²) in [5, 5.41) is 16.1. The van der Waals surface area contributed by atoms with Crippen LogP contribution in [-0.4, -0.2) is 35.8 Å². The van der Waals surface area contributed by atoms with Gasteiger partial charge in [0.2, 0.25) is 5.76 Å². The number of hydrogen-bond acceptors (Lipinski definition) is 5. The number of methoxy groups -OCH3 is 1. The smallest absolute Gasteiger partial charge is 0.308 e. The number of aliphatic carboxylic acids is 1.